The molecule has 1 atom stereocenters. The van der Waals surface area contributed by atoms with Crippen molar-refractivity contribution in [2.24, 2.45) is 0 Å². The second-order valence-electron chi connectivity index (χ2n) is 6.41. The Bertz CT molecular complexity index is 987. The molecule has 0 saturated carbocycles. The summed E-state index contributed by atoms with van der Waals surface area (Å²) in [6.07, 6.45) is 0.227. The predicted octanol–water partition coefficient (Wildman–Crippen LogP) is 5.79. The molecule has 0 bridgehead atoms. The minimum Gasteiger partial charge on any atom is -0.497 e. The third-order valence-electron chi connectivity index (χ3n) is 4.49. The average molecular weight is 455 g/mol. The largest absolute Gasteiger partial charge is 0.497 e. The summed E-state index contributed by atoms with van der Waals surface area (Å²) in [4.78, 5) is 23.3. The van der Waals surface area contributed by atoms with Gasteiger partial charge < -0.3 is 10.1 Å². The average Bonchev–Trinajstić information content (AvgIpc) is 2.74. The SMILES string of the molecule is COc1ccc([C@H](CC(=O)c2ccc(Br)cc2)Nc2ccc([N+](=O)[O-])cc2)cc1. The summed E-state index contributed by atoms with van der Waals surface area (Å²) < 4.78 is 6.12. The molecule has 7 heteroatoms. The number of nitro benzene ring substituents is 1. The maximum Gasteiger partial charge on any atom is 0.269 e. The van der Waals surface area contributed by atoms with E-state index in [1.165, 1.54) is 12.1 Å². The second-order valence-corrected chi connectivity index (χ2v) is 7.32. The molecule has 0 radical (unpaired) electrons. The molecule has 3 aromatic carbocycles. The molecular formula is C22H19BrN2O4. The van der Waals surface area contributed by atoms with Crippen LogP contribution < -0.4 is 10.1 Å². The Balaban J connectivity index is 1.84. The molecule has 0 aromatic heterocycles. The quantitative estimate of drug-likeness (QED) is 0.264. The number of Topliss-reactive ketones (excluding diaryl/α,β-unsaturated/α-hetero) is 1. The van der Waals surface area contributed by atoms with Crippen LogP contribution in [-0.2, 0) is 0 Å². The normalized spacial score (nSPS) is 11.5. The fraction of sp³-hybridized carbons (Fsp3) is 0.136. The van der Waals surface area contributed by atoms with Crippen molar-refractivity contribution in [2.45, 2.75) is 12.5 Å². The van der Waals surface area contributed by atoms with Gasteiger partial charge in [0.25, 0.3) is 5.69 Å². The first-order valence-electron chi connectivity index (χ1n) is 8.90. The molecule has 0 unspecified atom stereocenters. The molecule has 0 aliphatic carbocycles. The molecule has 6 nitrogen and oxygen atoms in total. The van der Waals surface area contributed by atoms with Gasteiger partial charge in [0.2, 0.25) is 0 Å². The molecule has 0 spiro atoms. The molecule has 3 rings (SSSR count). The molecule has 3 aromatic rings. The molecule has 0 aliphatic rings. The van der Waals surface area contributed by atoms with Crippen molar-refractivity contribution in [3.8, 4) is 5.75 Å². The minimum absolute atomic E-state index is 0.00673. The van der Waals surface area contributed by atoms with Crippen LogP contribution in [0, 0.1) is 10.1 Å². The molecule has 0 heterocycles. The van der Waals surface area contributed by atoms with E-state index in [9.17, 15) is 14.9 Å². The van der Waals surface area contributed by atoms with Gasteiger partial charge in [0.05, 0.1) is 18.1 Å². The number of hydrogen-bond acceptors (Lipinski definition) is 5. The minimum atomic E-state index is -0.443. The van der Waals surface area contributed by atoms with Crippen molar-refractivity contribution >= 4 is 33.1 Å². The number of methoxy groups -OCH3 is 1. The van der Waals surface area contributed by atoms with Gasteiger partial charge in [-0.05, 0) is 42.0 Å². The summed E-state index contributed by atoms with van der Waals surface area (Å²) in [5.41, 5.74) is 2.24. The van der Waals surface area contributed by atoms with Crippen molar-refractivity contribution in [3.63, 3.8) is 0 Å². The number of carbonyl (C=O) groups excluding carboxylic acids is 1. The first-order valence-corrected chi connectivity index (χ1v) is 9.69. The highest BCUT2D eigenvalue weighted by molar-refractivity contribution is 9.10. The van der Waals surface area contributed by atoms with Crippen LogP contribution in [0.3, 0.4) is 0 Å². The Labute approximate surface area is 176 Å². The zero-order valence-electron chi connectivity index (χ0n) is 15.7. The zero-order valence-corrected chi connectivity index (χ0v) is 17.3. The highest BCUT2D eigenvalue weighted by atomic mass is 79.9. The Morgan fingerprint density at radius 3 is 2.21 bits per heavy atom. The van der Waals surface area contributed by atoms with Crippen LogP contribution in [0.5, 0.6) is 5.75 Å². The van der Waals surface area contributed by atoms with E-state index in [0.29, 0.717) is 11.3 Å². The molecule has 0 amide bonds. The van der Waals surface area contributed by atoms with Crippen molar-refractivity contribution in [2.75, 3.05) is 12.4 Å². The van der Waals surface area contributed by atoms with Crippen LogP contribution in [0.2, 0.25) is 0 Å². The predicted molar refractivity (Wildman–Crippen MR) is 116 cm³/mol. The third kappa shape index (κ3) is 5.42. The number of rotatable bonds is 8. The van der Waals surface area contributed by atoms with Gasteiger partial charge in [0.15, 0.2) is 5.78 Å². The van der Waals surface area contributed by atoms with Gasteiger partial charge in [0.1, 0.15) is 5.75 Å². The van der Waals surface area contributed by atoms with Crippen molar-refractivity contribution in [3.05, 3.63) is 98.5 Å². The van der Waals surface area contributed by atoms with Crippen LogP contribution in [0.1, 0.15) is 28.4 Å². The maximum absolute atomic E-state index is 12.8. The van der Waals surface area contributed by atoms with Crippen LogP contribution >= 0.6 is 15.9 Å². The van der Waals surface area contributed by atoms with Gasteiger partial charge in [-0.15, -0.1) is 0 Å². The highest BCUT2D eigenvalue weighted by Crippen LogP contribution is 2.27. The van der Waals surface area contributed by atoms with E-state index < -0.39 is 4.92 Å². The molecule has 29 heavy (non-hydrogen) atoms. The van der Waals surface area contributed by atoms with Crippen molar-refractivity contribution < 1.29 is 14.5 Å². The lowest BCUT2D eigenvalue weighted by Gasteiger charge is -2.20. The van der Waals surface area contributed by atoms with Crippen LogP contribution in [0.25, 0.3) is 0 Å². The molecule has 0 aliphatic heterocycles. The summed E-state index contributed by atoms with van der Waals surface area (Å²) in [7, 11) is 1.60. The van der Waals surface area contributed by atoms with Gasteiger partial charge in [-0.3, -0.25) is 14.9 Å². The lowest BCUT2D eigenvalue weighted by atomic mass is 9.97. The number of nitrogens with one attached hydrogen (secondary N) is 1. The van der Waals surface area contributed by atoms with Crippen molar-refractivity contribution in [1.82, 2.24) is 0 Å². The number of carbonyl (C=O) groups is 1. The fourth-order valence-electron chi connectivity index (χ4n) is 2.91. The van der Waals surface area contributed by atoms with E-state index in [0.717, 1.165) is 15.8 Å². The van der Waals surface area contributed by atoms with Gasteiger partial charge in [-0.25, -0.2) is 0 Å². The van der Waals surface area contributed by atoms with Gasteiger partial charge in [0, 0.05) is 34.3 Å². The smallest absolute Gasteiger partial charge is 0.269 e. The second kappa shape index (κ2) is 9.34. The van der Waals surface area contributed by atoms with Gasteiger partial charge in [-0.1, -0.05) is 40.2 Å². The number of nitrogens with zero attached hydrogens (tertiary/aromatic N) is 1. The summed E-state index contributed by atoms with van der Waals surface area (Å²) in [6.45, 7) is 0. The Morgan fingerprint density at radius 2 is 1.66 bits per heavy atom. The standard InChI is InChI=1S/C22H19BrN2O4/c1-29-20-12-4-15(5-13-20)21(14-22(26)16-2-6-17(23)7-3-16)24-18-8-10-19(11-9-18)25(27)28/h2-13,21,24H,14H2,1H3/t21-/m0/s1. The Kier molecular flexibility index (Phi) is 6.61. The monoisotopic (exact) mass is 454 g/mol. The lowest BCUT2D eigenvalue weighted by Crippen LogP contribution is -2.16. The molecular weight excluding hydrogens is 436 g/mol. The highest BCUT2D eigenvalue weighted by Gasteiger charge is 2.18. The summed E-state index contributed by atoms with van der Waals surface area (Å²) in [5, 5.41) is 14.2. The number of ether oxygens (including phenoxy) is 1. The molecule has 0 fully saturated rings. The van der Waals surface area contributed by atoms with E-state index >= 15 is 0 Å². The number of non-ortho nitro benzene ring substituents is 1. The maximum atomic E-state index is 12.8. The molecule has 0 saturated heterocycles. The Morgan fingerprint density at radius 1 is 1.03 bits per heavy atom. The van der Waals surface area contributed by atoms with Crippen molar-refractivity contribution in [1.29, 1.82) is 0 Å². The Hall–Kier alpha value is -3.19. The first-order chi connectivity index (χ1) is 14.0. The number of nitro groups is 1. The van der Waals surface area contributed by atoms with Gasteiger partial charge in [-0.2, -0.15) is 0 Å². The first kappa shape index (κ1) is 20.5. The summed E-state index contributed by atoms with van der Waals surface area (Å²) in [5.74, 6) is 0.717. The number of hydrogen-bond donors (Lipinski definition) is 1. The summed E-state index contributed by atoms with van der Waals surface area (Å²) >= 11 is 3.37. The van der Waals surface area contributed by atoms with Crippen LogP contribution in [0.15, 0.2) is 77.3 Å². The zero-order chi connectivity index (χ0) is 20.8. The number of benzene rings is 3. The van der Waals surface area contributed by atoms with E-state index in [1.807, 2.05) is 36.4 Å². The van der Waals surface area contributed by atoms with Crippen LogP contribution in [0.4, 0.5) is 11.4 Å². The number of anilines is 1. The lowest BCUT2D eigenvalue weighted by molar-refractivity contribution is -0.384. The number of halogens is 1. The summed E-state index contributed by atoms with van der Waals surface area (Å²) in [6, 6.07) is 20.5. The topological polar surface area (TPSA) is 81.5 Å². The van der Waals surface area contributed by atoms with E-state index in [-0.39, 0.29) is 23.9 Å². The van der Waals surface area contributed by atoms with E-state index in [4.69, 9.17) is 4.74 Å². The molecule has 1 N–H and O–H groups in total. The van der Waals surface area contributed by atoms with Gasteiger partial charge >= 0.3 is 0 Å². The fourth-order valence-corrected chi connectivity index (χ4v) is 3.17. The van der Waals surface area contributed by atoms with E-state index in [1.54, 1.807) is 31.4 Å². The van der Waals surface area contributed by atoms with Crippen LogP contribution in [-0.4, -0.2) is 17.8 Å². The number of ketones is 1. The molecule has 148 valence electrons. The third-order valence-corrected chi connectivity index (χ3v) is 5.02. The van der Waals surface area contributed by atoms with E-state index in [2.05, 4.69) is 21.2 Å².